The first-order chi connectivity index (χ1) is 13.0. The van der Waals surface area contributed by atoms with E-state index in [1.807, 2.05) is 0 Å². The van der Waals surface area contributed by atoms with Crippen LogP contribution in [0.3, 0.4) is 0 Å². The zero-order chi connectivity index (χ0) is 19.8. The maximum absolute atomic E-state index is 12.0. The van der Waals surface area contributed by atoms with Gasteiger partial charge < -0.3 is 19.7 Å². The summed E-state index contributed by atoms with van der Waals surface area (Å²) in [7, 11) is 2.83. The number of carbonyl (C=O) groups excluding carboxylic acids is 2. The van der Waals surface area contributed by atoms with Gasteiger partial charge in [0.05, 0.1) is 20.6 Å². The quantitative estimate of drug-likeness (QED) is 0.548. The van der Waals surface area contributed by atoms with E-state index < -0.39 is 11.6 Å². The second-order valence-corrected chi connectivity index (χ2v) is 5.58. The number of carbonyl (C=O) groups is 2. The van der Waals surface area contributed by atoms with Crippen LogP contribution in [0.5, 0.6) is 23.0 Å². The maximum atomic E-state index is 12.0. The highest BCUT2D eigenvalue weighted by molar-refractivity contribution is 6.11. The highest BCUT2D eigenvalue weighted by Crippen LogP contribution is 2.31. The molecule has 2 aromatic rings. The summed E-state index contributed by atoms with van der Waals surface area (Å²) in [5.74, 6) is -0.347. The molecule has 6 heteroatoms. The van der Waals surface area contributed by atoms with Gasteiger partial charge in [-0.15, -0.1) is 0 Å². The van der Waals surface area contributed by atoms with Crippen molar-refractivity contribution in [2.45, 2.75) is 6.42 Å². The average Bonchev–Trinajstić information content (AvgIpc) is 2.64. The summed E-state index contributed by atoms with van der Waals surface area (Å²) in [5.41, 5.74) is 1.05. The monoisotopic (exact) mass is 368 g/mol. The summed E-state index contributed by atoms with van der Waals surface area (Å²) in [4.78, 5) is 24.0. The molecule has 2 rings (SSSR count). The van der Waals surface area contributed by atoms with Crippen LogP contribution in [0, 0.1) is 0 Å². The molecule has 0 atom stereocenters. The molecule has 6 nitrogen and oxygen atoms in total. The normalized spacial score (nSPS) is 11.0. The lowest BCUT2D eigenvalue weighted by Gasteiger charge is -2.06. The van der Waals surface area contributed by atoms with Crippen LogP contribution in [-0.4, -0.2) is 36.0 Å². The van der Waals surface area contributed by atoms with E-state index in [1.165, 1.54) is 50.7 Å². The summed E-state index contributed by atoms with van der Waals surface area (Å²) in [6, 6.07) is 9.55. The van der Waals surface area contributed by atoms with E-state index in [0.717, 1.165) is 0 Å². The van der Waals surface area contributed by atoms with Crippen LogP contribution in [0.25, 0.3) is 12.2 Å². The molecule has 0 saturated carbocycles. The molecular formula is C21H20O6. The average molecular weight is 368 g/mol. The van der Waals surface area contributed by atoms with Gasteiger partial charge in [-0.2, -0.15) is 0 Å². The zero-order valence-electron chi connectivity index (χ0n) is 15.0. The van der Waals surface area contributed by atoms with E-state index in [9.17, 15) is 19.8 Å². The SMILES string of the molecule is COc1c(O)cccc1/C=C/C(=O)CC(=O)/C=C/c1cccc(O)c1OC. The third-order valence-corrected chi connectivity index (χ3v) is 3.70. The molecule has 0 aliphatic rings. The van der Waals surface area contributed by atoms with E-state index in [-0.39, 0.29) is 29.4 Å². The van der Waals surface area contributed by atoms with E-state index in [2.05, 4.69) is 0 Å². The van der Waals surface area contributed by atoms with Crippen LogP contribution in [0.15, 0.2) is 48.6 Å². The first-order valence-electron chi connectivity index (χ1n) is 8.10. The largest absolute Gasteiger partial charge is 0.504 e. The van der Waals surface area contributed by atoms with Crippen LogP contribution in [0.2, 0.25) is 0 Å². The number of phenolic OH excluding ortho intramolecular Hbond substituents is 2. The van der Waals surface area contributed by atoms with Crippen LogP contribution in [0.4, 0.5) is 0 Å². The van der Waals surface area contributed by atoms with Gasteiger partial charge in [0.15, 0.2) is 34.6 Å². The Balaban J connectivity index is 2.03. The van der Waals surface area contributed by atoms with Gasteiger partial charge in [-0.1, -0.05) is 24.3 Å². The molecular weight excluding hydrogens is 348 g/mol. The molecule has 0 spiro atoms. The van der Waals surface area contributed by atoms with Gasteiger partial charge in [-0.05, 0) is 36.4 Å². The fourth-order valence-corrected chi connectivity index (χ4v) is 2.45. The van der Waals surface area contributed by atoms with Crippen LogP contribution in [-0.2, 0) is 9.59 Å². The molecule has 0 saturated heterocycles. The van der Waals surface area contributed by atoms with Crippen molar-refractivity contribution < 1.29 is 29.3 Å². The second-order valence-electron chi connectivity index (χ2n) is 5.58. The van der Waals surface area contributed by atoms with Crippen molar-refractivity contribution in [3.63, 3.8) is 0 Å². The minimum atomic E-state index is -0.391. The zero-order valence-corrected chi connectivity index (χ0v) is 15.0. The van der Waals surface area contributed by atoms with Gasteiger partial charge in [-0.25, -0.2) is 0 Å². The molecule has 0 heterocycles. The number of ether oxygens (including phenoxy) is 2. The van der Waals surface area contributed by atoms with Crippen molar-refractivity contribution in [2.24, 2.45) is 0 Å². The van der Waals surface area contributed by atoms with Gasteiger partial charge in [0, 0.05) is 11.1 Å². The van der Waals surface area contributed by atoms with Crippen LogP contribution < -0.4 is 9.47 Å². The van der Waals surface area contributed by atoms with Crippen molar-refractivity contribution in [3.05, 3.63) is 59.7 Å². The van der Waals surface area contributed by atoms with Crippen molar-refractivity contribution >= 4 is 23.7 Å². The number of phenols is 2. The summed E-state index contributed by atoms with van der Waals surface area (Å²) in [6.45, 7) is 0. The van der Waals surface area contributed by atoms with E-state index in [4.69, 9.17) is 9.47 Å². The number of methoxy groups -OCH3 is 2. The van der Waals surface area contributed by atoms with Crippen molar-refractivity contribution in [3.8, 4) is 23.0 Å². The lowest BCUT2D eigenvalue weighted by Crippen LogP contribution is -2.02. The molecule has 0 aromatic heterocycles. The summed E-state index contributed by atoms with van der Waals surface area (Å²) >= 11 is 0. The maximum Gasteiger partial charge on any atom is 0.167 e. The fourth-order valence-electron chi connectivity index (χ4n) is 2.45. The Kier molecular flexibility index (Phi) is 6.77. The molecule has 0 aliphatic carbocycles. The van der Waals surface area contributed by atoms with E-state index >= 15 is 0 Å². The Morgan fingerprint density at radius 3 is 1.59 bits per heavy atom. The highest BCUT2D eigenvalue weighted by Gasteiger charge is 2.09. The molecule has 27 heavy (non-hydrogen) atoms. The number of aromatic hydroxyl groups is 2. The highest BCUT2D eigenvalue weighted by atomic mass is 16.5. The Bertz CT molecular complexity index is 822. The van der Waals surface area contributed by atoms with Crippen molar-refractivity contribution in [1.82, 2.24) is 0 Å². The molecule has 0 unspecified atom stereocenters. The van der Waals surface area contributed by atoms with Crippen LogP contribution >= 0.6 is 0 Å². The van der Waals surface area contributed by atoms with E-state index in [0.29, 0.717) is 11.1 Å². The first kappa shape index (κ1) is 19.8. The Labute approximate surface area is 157 Å². The van der Waals surface area contributed by atoms with Gasteiger partial charge in [0.1, 0.15) is 0 Å². The summed E-state index contributed by atoms with van der Waals surface area (Å²) in [6.07, 6.45) is 5.18. The third-order valence-electron chi connectivity index (χ3n) is 3.70. The topological polar surface area (TPSA) is 93.1 Å². The Morgan fingerprint density at radius 1 is 0.815 bits per heavy atom. The smallest absolute Gasteiger partial charge is 0.167 e. The molecule has 0 bridgehead atoms. The first-order valence-corrected chi connectivity index (χ1v) is 8.10. The number of para-hydroxylation sites is 2. The Hall–Kier alpha value is -3.54. The summed E-state index contributed by atoms with van der Waals surface area (Å²) < 4.78 is 10.2. The lowest BCUT2D eigenvalue weighted by molar-refractivity contribution is -0.121. The number of rotatable bonds is 8. The van der Waals surface area contributed by atoms with Gasteiger partial charge in [-0.3, -0.25) is 9.59 Å². The number of hydrogen-bond acceptors (Lipinski definition) is 6. The van der Waals surface area contributed by atoms with Gasteiger partial charge in [0.25, 0.3) is 0 Å². The van der Waals surface area contributed by atoms with Crippen LogP contribution in [0.1, 0.15) is 17.5 Å². The number of benzene rings is 2. The molecule has 2 N–H and O–H groups in total. The molecule has 0 amide bonds. The molecule has 140 valence electrons. The number of allylic oxidation sites excluding steroid dienone is 2. The van der Waals surface area contributed by atoms with Gasteiger partial charge in [0.2, 0.25) is 0 Å². The predicted octanol–water partition coefficient (Wildman–Crippen LogP) is 3.37. The molecule has 0 aliphatic heterocycles. The Morgan fingerprint density at radius 2 is 1.22 bits per heavy atom. The number of hydrogen-bond donors (Lipinski definition) is 2. The predicted molar refractivity (Wildman–Crippen MR) is 102 cm³/mol. The molecule has 2 aromatic carbocycles. The number of ketones is 2. The fraction of sp³-hybridized carbons (Fsp3) is 0.143. The van der Waals surface area contributed by atoms with Gasteiger partial charge >= 0.3 is 0 Å². The van der Waals surface area contributed by atoms with E-state index in [1.54, 1.807) is 24.3 Å². The molecule has 0 radical (unpaired) electrons. The third kappa shape index (κ3) is 5.22. The van der Waals surface area contributed by atoms with Crippen molar-refractivity contribution in [2.75, 3.05) is 14.2 Å². The minimum Gasteiger partial charge on any atom is -0.504 e. The summed E-state index contributed by atoms with van der Waals surface area (Å²) in [5, 5.41) is 19.4. The minimum absolute atomic E-state index is 0.0360. The lowest BCUT2D eigenvalue weighted by atomic mass is 10.1. The van der Waals surface area contributed by atoms with Crippen molar-refractivity contribution in [1.29, 1.82) is 0 Å². The molecule has 0 fully saturated rings. The standard InChI is InChI=1S/C21H20O6/c1-26-20-14(5-3-7-18(20)24)9-11-16(22)13-17(23)12-10-15-6-4-8-19(25)21(15)27-2/h3-12,24-25H,13H2,1-2H3/b11-9+,12-10+. The second kappa shape index (κ2) is 9.24.